The van der Waals surface area contributed by atoms with Crippen molar-refractivity contribution in [3.63, 3.8) is 0 Å². The van der Waals surface area contributed by atoms with Crippen LogP contribution in [0.3, 0.4) is 0 Å². The second kappa shape index (κ2) is 5.25. The average Bonchev–Trinajstić information content (AvgIpc) is 2.33. The highest BCUT2D eigenvalue weighted by Crippen LogP contribution is 2.33. The third kappa shape index (κ3) is 2.81. The molecule has 0 radical (unpaired) electrons. The van der Waals surface area contributed by atoms with Gasteiger partial charge in [-0.25, -0.2) is 14.4 Å². The first kappa shape index (κ1) is 12.0. The minimum absolute atomic E-state index is 0.213. The maximum atomic E-state index is 13.8. The first-order chi connectivity index (χ1) is 8.18. The van der Waals surface area contributed by atoms with E-state index < -0.39 is 0 Å². The summed E-state index contributed by atoms with van der Waals surface area (Å²) in [6.07, 6.45) is 3.07. The zero-order valence-corrected chi connectivity index (χ0v) is 10.1. The second-order valence-electron chi connectivity index (χ2n) is 3.60. The molecular formula is C12H12FN3S. The molecule has 2 rings (SSSR count). The van der Waals surface area contributed by atoms with E-state index in [2.05, 4.69) is 9.97 Å². The van der Waals surface area contributed by atoms with Crippen LogP contribution >= 0.6 is 11.8 Å². The van der Waals surface area contributed by atoms with E-state index in [4.69, 9.17) is 5.73 Å². The molecule has 0 unspecified atom stereocenters. The Bertz CT molecular complexity index is 502. The lowest BCUT2D eigenvalue weighted by molar-refractivity contribution is 0.591. The van der Waals surface area contributed by atoms with E-state index in [1.165, 1.54) is 24.2 Å². The largest absolute Gasteiger partial charge is 0.324 e. The predicted molar refractivity (Wildman–Crippen MR) is 65.2 cm³/mol. The molecule has 17 heavy (non-hydrogen) atoms. The van der Waals surface area contributed by atoms with Gasteiger partial charge in [-0.15, -0.1) is 0 Å². The summed E-state index contributed by atoms with van der Waals surface area (Å²) in [5.74, 6) is -0.275. The van der Waals surface area contributed by atoms with Crippen molar-refractivity contribution in [1.29, 1.82) is 0 Å². The molecule has 0 aliphatic heterocycles. The van der Waals surface area contributed by atoms with E-state index in [0.717, 1.165) is 5.56 Å². The van der Waals surface area contributed by atoms with Crippen LogP contribution in [0.15, 0.2) is 46.7 Å². The van der Waals surface area contributed by atoms with Crippen LogP contribution in [0.4, 0.5) is 4.39 Å². The van der Waals surface area contributed by atoms with Gasteiger partial charge in [-0.2, -0.15) is 0 Å². The van der Waals surface area contributed by atoms with Crippen molar-refractivity contribution in [3.05, 3.63) is 48.2 Å². The van der Waals surface area contributed by atoms with Crippen molar-refractivity contribution in [2.75, 3.05) is 0 Å². The molecule has 2 N–H and O–H groups in total. The number of nitrogens with zero attached hydrogens (tertiary/aromatic N) is 2. The number of halogens is 1. The van der Waals surface area contributed by atoms with Gasteiger partial charge in [0.2, 0.25) is 0 Å². The highest BCUT2D eigenvalue weighted by atomic mass is 32.2. The van der Waals surface area contributed by atoms with E-state index >= 15 is 0 Å². The lowest BCUT2D eigenvalue weighted by Gasteiger charge is -2.12. The quantitative estimate of drug-likeness (QED) is 0.850. The van der Waals surface area contributed by atoms with E-state index in [1.54, 1.807) is 18.3 Å². The minimum atomic E-state index is -0.275. The van der Waals surface area contributed by atoms with Gasteiger partial charge in [-0.3, -0.25) is 0 Å². The van der Waals surface area contributed by atoms with Crippen molar-refractivity contribution in [2.24, 2.45) is 5.73 Å². The molecule has 3 nitrogen and oxygen atoms in total. The van der Waals surface area contributed by atoms with Crippen LogP contribution in [0.2, 0.25) is 0 Å². The van der Waals surface area contributed by atoms with Crippen LogP contribution in [0, 0.1) is 5.82 Å². The fraction of sp³-hybridized carbons (Fsp3) is 0.167. The summed E-state index contributed by atoms with van der Waals surface area (Å²) in [7, 11) is 0. The molecule has 1 aromatic carbocycles. The smallest absolute Gasteiger partial charge is 0.137 e. The van der Waals surface area contributed by atoms with Crippen LogP contribution in [-0.2, 0) is 0 Å². The van der Waals surface area contributed by atoms with Gasteiger partial charge >= 0.3 is 0 Å². The maximum absolute atomic E-state index is 13.8. The van der Waals surface area contributed by atoms with Crippen LogP contribution < -0.4 is 5.73 Å². The first-order valence-electron chi connectivity index (χ1n) is 5.16. The lowest BCUT2D eigenvalue weighted by Crippen LogP contribution is -2.07. The fourth-order valence-corrected chi connectivity index (χ4v) is 2.41. The normalized spacial score (nSPS) is 12.4. The molecule has 1 atom stereocenters. The molecule has 0 bridgehead atoms. The van der Waals surface area contributed by atoms with E-state index in [9.17, 15) is 4.39 Å². The Balaban J connectivity index is 2.38. The van der Waals surface area contributed by atoms with Gasteiger partial charge in [0, 0.05) is 12.2 Å². The van der Waals surface area contributed by atoms with Crippen molar-refractivity contribution in [3.8, 4) is 0 Å². The van der Waals surface area contributed by atoms with Gasteiger partial charge < -0.3 is 5.73 Å². The molecule has 0 saturated heterocycles. The molecule has 88 valence electrons. The Kier molecular flexibility index (Phi) is 3.71. The molecule has 0 spiro atoms. The molecular weight excluding hydrogens is 237 g/mol. The van der Waals surface area contributed by atoms with Crippen molar-refractivity contribution in [2.45, 2.75) is 22.9 Å². The minimum Gasteiger partial charge on any atom is -0.324 e. The highest BCUT2D eigenvalue weighted by molar-refractivity contribution is 7.99. The summed E-state index contributed by atoms with van der Waals surface area (Å²) in [6, 6.07) is 6.45. The van der Waals surface area contributed by atoms with Crippen LogP contribution in [0.25, 0.3) is 0 Å². The number of nitrogens with two attached hydrogens (primary N) is 1. The average molecular weight is 249 g/mol. The Morgan fingerprint density at radius 2 is 2.18 bits per heavy atom. The van der Waals surface area contributed by atoms with Gasteiger partial charge in [-0.05, 0) is 24.6 Å². The Hall–Kier alpha value is -1.46. The summed E-state index contributed by atoms with van der Waals surface area (Å²) < 4.78 is 13.8. The molecule has 1 heterocycles. The van der Waals surface area contributed by atoms with Gasteiger partial charge in [-0.1, -0.05) is 23.9 Å². The van der Waals surface area contributed by atoms with Gasteiger partial charge in [0.15, 0.2) is 0 Å². The number of aromatic nitrogens is 2. The molecule has 0 fully saturated rings. The summed E-state index contributed by atoms with van der Waals surface area (Å²) in [5.41, 5.74) is 6.61. The summed E-state index contributed by atoms with van der Waals surface area (Å²) in [5, 5.41) is 0.701. The van der Waals surface area contributed by atoms with Gasteiger partial charge in [0.1, 0.15) is 17.2 Å². The Morgan fingerprint density at radius 1 is 1.35 bits per heavy atom. The van der Waals surface area contributed by atoms with Crippen LogP contribution in [0.1, 0.15) is 18.5 Å². The zero-order chi connectivity index (χ0) is 12.3. The Labute approximate surface area is 103 Å². The highest BCUT2D eigenvalue weighted by Gasteiger charge is 2.13. The van der Waals surface area contributed by atoms with Crippen LogP contribution in [-0.4, -0.2) is 9.97 Å². The summed E-state index contributed by atoms with van der Waals surface area (Å²) in [4.78, 5) is 8.41. The predicted octanol–water partition coefficient (Wildman–Crippen LogP) is 2.79. The van der Waals surface area contributed by atoms with Crippen molar-refractivity contribution < 1.29 is 4.39 Å². The molecule has 2 aromatic rings. The van der Waals surface area contributed by atoms with E-state index in [0.29, 0.717) is 9.92 Å². The number of benzene rings is 1. The first-order valence-corrected chi connectivity index (χ1v) is 5.98. The topological polar surface area (TPSA) is 51.8 Å². The maximum Gasteiger partial charge on any atom is 0.137 e. The Morgan fingerprint density at radius 3 is 2.82 bits per heavy atom. The zero-order valence-electron chi connectivity index (χ0n) is 9.30. The number of rotatable bonds is 3. The third-order valence-electron chi connectivity index (χ3n) is 2.25. The third-order valence-corrected chi connectivity index (χ3v) is 3.33. The van der Waals surface area contributed by atoms with Crippen molar-refractivity contribution >= 4 is 11.8 Å². The molecule has 0 amide bonds. The molecule has 1 aromatic heterocycles. The summed E-state index contributed by atoms with van der Waals surface area (Å²) in [6.45, 7) is 1.83. The second-order valence-corrected chi connectivity index (χ2v) is 4.63. The fourth-order valence-electron chi connectivity index (χ4n) is 1.44. The standard InChI is InChI=1S/C12H12FN3S/c1-8(14)9-3-2-4-10(13)12(9)17-11-5-6-15-7-16-11/h2-8H,14H2,1H3/t8-/m0/s1. The molecule has 5 heteroatoms. The molecule has 0 saturated carbocycles. The lowest BCUT2D eigenvalue weighted by atomic mass is 10.1. The monoisotopic (exact) mass is 249 g/mol. The van der Waals surface area contributed by atoms with Crippen LogP contribution in [0.5, 0.6) is 0 Å². The molecule has 0 aliphatic carbocycles. The summed E-state index contributed by atoms with van der Waals surface area (Å²) >= 11 is 1.26. The van der Waals surface area contributed by atoms with E-state index in [1.807, 2.05) is 13.0 Å². The number of hydrogen-bond acceptors (Lipinski definition) is 4. The van der Waals surface area contributed by atoms with Gasteiger partial charge in [0.05, 0.1) is 4.90 Å². The van der Waals surface area contributed by atoms with E-state index in [-0.39, 0.29) is 11.9 Å². The van der Waals surface area contributed by atoms with Gasteiger partial charge in [0.25, 0.3) is 0 Å². The van der Waals surface area contributed by atoms with Crippen molar-refractivity contribution in [1.82, 2.24) is 9.97 Å². The number of hydrogen-bond donors (Lipinski definition) is 1. The SMILES string of the molecule is C[C@H](N)c1cccc(F)c1Sc1ccncn1. The molecule has 0 aliphatic rings.